The molecular formula is C19H16F2N2O3. The maximum atomic E-state index is 13.6. The molecule has 1 unspecified atom stereocenters. The zero-order chi connectivity index (χ0) is 18.8. The summed E-state index contributed by atoms with van der Waals surface area (Å²) in [7, 11) is 0. The highest BCUT2D eigenvalue weighted by Crippen LogP contribution is 2.36. The predicted molar refractivity (Wildman–Crippen MR) is 93.4 cm³/mol. The van der Waals surface area contributed by atoms with Crippen LogP contribution >= 0.6 is 0 Å². The van der Waals surface area contributed by atoms with Crippen LogP contribution in [0.4, 0.5) is 20.2 Å². The van der Waals surface area contributed by atoms with E-state index in [2.05, 4.69) is 11.9 Å². The maximum Gasteiger partial charge on any atom is 0.258 e. The number of halogens is 2. The van der Waals surface area contributed by atoms with Crippen LogP contribution < -0.4 is 15.0 Å². The number of nitrogens with zero attached hydrogens (tertiary/aromatic N) is 1. The van der Waals surface area contributed by atoms with E-state index >= 15 is 0 Å². The molecule has 1 aliphatic rings. The Bertz CT molecular complexity index is 881. The quantitative estimate of drug-likeness (QED) is 0.854. The van der Waals surface area contributed by atoms with Crippen LogP contribution in [-0.4, -0.2) is 24.5 Å². The van der Waals surface area contributed by atoms with E-state index in [9.17, 15) is 18.4 Å². The van der Waals surface area contributed by atoms with Gasteiger partial charge in [-0.2, -0.15) is 0 Å². The van der Waals surface area contributed by atoms with Crippen molar-refractivity contribution in [3.8, 4) is 5.75 Å². The van der Waals surface area contributed by atoms with Crippen molar-refractivity contribution in [1.82, 2.24) is 0 Å². The molecule has 1 heterocycles. The van der Waals surface area contributed by atoms with Gasteiger partial charge in [0.25, 0.3) is 5.91 Å². The molecule has 0 saturated heterocycles. The molecule has 2 aromatic carbocycles. The molecular weight excluding hydrogens is 342 g/mol. The van der Waals surface area contributed by atoms with E-state index in [1.807, 2.05) is 0 Å². The summed E-state index contributed by atoms with van der Waals surface area (Å²) in [6.07, 6.45) is 0.765. The summed E-state index contributed by atoms with van der Waals surface area (Å²) in [6, 6.07) is 8.12. The Morgan fingerprint density at radius 3 is 2.54 bits per heavy atom. The molecule has 2 aromatic rings. The van der Waals surface area contributed by atoms with E-state index in [-0.39, 0.29) is 35.9 Å². The van der Waals surface area contributed by atoms with Crippen LogP contribution in [0.5, 0.6) is 5.75 Å². The predicted octanol–water partition coefficient (Wildman–Crippen LogP) is 3.52. The molecule has 134 valence electrons. The van der Waals surface area contributed by atoms with Gasteiger partial charge in [-0.1, -0.05) is 6.58 Å². The van der Waals surface area contributed by atoms with E-state index in [1.54, 1.807) is 31.2 Å². The number of nitrogens with one attached hydrogen (secondary N) is 1. The van der Waals surface area contributed by atoms with Crippen LogP contribution in [0.3, 0.4) is 0 Å². The average Bonchev–Trinajstić information content (AvgIpc) is 2.62. The summed E-state index contributed by atoms with van der Waals surface area (Å²) >= 11 is 0. The lowest BCUT2D eigenvalue weighted by Crippen LogP contribution is -2.42. The summed E-state index contributed by atoms with van der Waals surface area (Å²) in [4.78, 5) is 25.5. The molecule has 0 aliphatic carbocycles. The largest absolute Gasteiger partial charge is 0.487 e. The van der Waals surface area contributed by atoms with Crippen molar-refractivity contribution in [1.29, 1.82) is 0 Å². The number of anilines is 2. The lowest BCUT2D eigenvalue weighted by Gasteiger charge is -2.33. The molecule has 0 saturated carbocycles. The van der Waals surface area contributed by atoms with Gasteiger partial charge >= 0.3 is 0 Å². The van der Waals surface area contributed by atoms with Crippen LogP contribution in [0.2, 0.25) is 0 Å². The van der Waals surface area contributed by atoms with Gasteiger partial charge < -0.3 is 15.0 Å². The molecule has 1 atom stereocenters. The Hall–Kier alpha value is -3.22. The number of carbonyl (C=O) groups excluding carboxylic acids is 2. The third-order valence-electron chi connectivity index (χ3n) is 3.89. The van der Waals surface area contributed by atoms with Gasteiger partial charge in [0.2, 0.25) is 5.91 Å². The van der Waals surface area contributed by atoms with E-state index < -0.39 is 11.6 Å². The molecule has 26 heavy (non-hydrogen) atoms. The Morgan fingerprint density at radius 2 is 1.88 bits per heavy atom. The fourth-order valence-electron chi connectivity index (χ4n) is 2.67. The van der Waals surface area contributed by atoms with Gasteiger partial charge in [-0.3, -0.25) is 9.59 Å². The second kappa shape index (κ2) is 6.95. The van der Waals surface area contributed by atoms with Crippen molar-refractivity contribution in [3.63, 3.8) is 0 Å². The first-order valence-corrected chi connectivity index (χ1v) is 7.90. The van der Waals surface area contributed by atoms with Gasteiger partial charge in [0, 0.05) is 23.4 Å². The molecule has 1 aliphatic heterocycles. The fraction of sp³-hybridized carbons (Fsp3) is 0.158. The first kappa shape index (κ1) is 17.6. The zero-order valence-electron chi connectivity index (χ0n) is 14.0. The molecule has 7 heteroatoms. The molecule has 0 spiro atoms. The van der Waals surface area contributed by atoms with Crippen molar-refractivity contribution in [2.24, 2.45) is 0 Å². The molecule has 5 nitrogen and oxygen atoms in total. The highest BCUT2D eigenvalue weighted by molar-refractivity contribution is 6.07. The molecule has 1 N–H and O–H groups in total. The Balaban J connectivity index is 1.89. The topological polar surface area (TPSA) is 58.6 Å². The van der Waals surface area contributed by atoms with Gasteiger partial charge in [-0.05, 0) is 37.3 Å². The standard InChI is InChI=1S/C19H16F2N2O3/c1-3-18(24)22-13-6-4-12(5-7-13)19(25)23-10-11(2)26-17-9-15(21)14(20)8-16(17)23/h3-9,11H,1,10H2,2H3,(H,22,24). The summed E-state index contributed by atoms with van der Waals surface area (Å²) in [5, 5.41) is 2.58. The maximum absolute atomic E-state index is 13.6. The zero-order valence-corrected chi connectivity index (χ0v) is 14.0. The number of rotatable bonds is 3. The smallest absolute Gasteiger partial charge is 0.258 e. The molecule has 0 aromatic heterocycles. The molecule has 3 rings (SSSR count). The van der Waals surface area contributed by atoms with Crippen LogP contribution in [0.1, 0.15) is 17.3 Å². The number of carbonyl (C=O) groups is 2. The minimum absolute atomic E-state index is 0.117. The summed E-state index contributed by atoms with van der Waals surface area (Å²) < 4.78 is 32.6. The number of benzene rings is 2. The fourth-order valence-corrected chi connectivity index (χ4v) is 2.67. The normalized spacial score (nSPS) is 15.7. The van der Waals surface area contributed by atoms with Gasteiger partial charge in [0.05, 0.1) is 12.2 Å². The van der Waals surface area contributed by atoms with Gasteiger partial charge in [0.1, 0.15) is 11.9 Å². The van der Waals surface area contributed by atoms with Crippen molar-refractivity contribution < 1.29 is 23.1 Å². The summed E-state index contributed by atoms with van der Waals surface area (Å²) in [5.41, 5.74) is 1.03. The van der Waals surface area contributed by atoms with Crippen molar-refractivity contribution in [3.05, 3.63) is 66.3 Å². The van der Waals surface area contributed by atoms with E-state index in [0.717, 1.165) is 18.2 Å². The minimum Gasteiger partial charge on any atom is -0.487 e. The highest BCUT2D eigenvalue weighted by Gasteiger charge is 2.30. The third-order valence-corrected chi connectivity index (χ3v) is 3.89. The second-order valence-electron chi connectivity index (χ2n) is 5.85. The number of hydrogen-bond acceptors (Lipinski definition) is 3. The monoisotopic (exact) mass is 358 g/mol. The van der Waals surface area contributed by atoms with Gasteiger partial charge in [-0.25, -0.2) is 8.78 Å². The number of amides is 2. The first-order valence-electron chi connectivity index (χ1n) is 7.90. The van der Waals surface area contributed by atoms with Gasteiger partial charge in [0.15, 0.2) is 11.6 Å². The van der Waals surface area contributed by atoms with Crippen LogP contribution in [-0.2, 0) is 4.79 Å². The van der Waals surface area contributed by atoms with Crippen LogP contribution in [0.15, 0.2) is 49.1 Å². The Kier molecular flexibility index (Phi) is 4.71. The molecule has 0 radical (unpaired) electrons. The SMILES string of the molecule is C=CC(=O)Nc1ccc(C(=O)N2CC(C)Oc3cc(F)c(F)cc32)cc1. The second-order valence-corrected chi connectivity index (χ2v) is 5.85. The molecule has 0 bridgehead atoms. The van der Waals surface area contributed by atoms with E-state index in [4.69, 9.17) is 4.74 Å². The molecule has 2 amide bonds. The number of fused-ring (bicyclic) bond motifs is 1. The minimum atomic E-state index is -1.05. The number of ether oxygens (including phenoxy) is 1. The Morgan fingerprint density at radius 1 is 1.23 bits per heavy atom. The van der Waals surface area contributed by atoms with Gasteiger partial charge in [-0.15, -0.1) is 0 Å². The van der Waals surface area contributed by atoms with E-state index in [1.165, 1.54) is 4.90 Å². The van der Waals surface area contributed by atoms with Crippen molar-refractivity contribution in [2.75, 3.05) is 16.8 Å². The van der Waals surface area contributed by atoms with Crippen LogP contribution in [0, 0.1) is 11.6 Å². The molecule has 0 fully saturated rings. The van der Waals surface area contributed by atoms with Crippen LogP contribution in [0.25, 0.3) is 0 Å². The number of hydrogen-bond donors (Lipinski definition) is 1. The Labute approximate surface area is 148 Å². The van der Waals surface area contributed by atoms with Crippen molar-refractivity contribution in [2.45, 2.75) is 13.0 Å². The third kappa shape index (κ3) is 3.42. The highest BCUT2D eigenvalue weighted by atomic mass is 19.2. The lowest BCUT2D eigenvalue weighted by atomic mass is 10.1. The lowest BCUT2D eigenvalue weighted by molar-refractivity contribution is -0.111. The average molecular weight is 358 g/mol. The summed E-state index contributed by atoms with van der Waals surface area (Å²) in [6.45, 7) is 5.30. The van der Waals surface area contributed by atoms with E-state index in [0.29, 0.717) is 11.3 Å². The van der Waals surface area contributed by atoms with Crippen molar-refractivity contribution >= 4 is 23.2 Å². The summed E-state index contributed by atoms with van der Waals surface area (Å²) in [5.74, 6) is -2.72. The first-order chi connectivity index (χ1) is 12.4.